The first-order valence-electron chi connectivity index (χ1n) is 7.56. The van der Waals surface area contributed by atoms with Crippen LogP contribution in [0, 0.1) is 6.92 Å². The predicted molar refractivity (Wildman–Crippen MR) is 93.1 cm³/mol. The Morgan fingerprint density at radius 3 is 2.39 bits per heavy atom. The first-order chi connectivity index (χ1) is 10.9. The van der Waals surface area contributed by atoms with Crippen molar-refractivity contribution in [3.63, 3.8) is 0 Å². The summed E-state index contributed by atoms with van der Waals surface area (Å²) in [5, 5.41) is 0.931. The van der Waals surface area contributed by atoms with Crippen LogP contribution in [0.15, 0.2) is 59.6 Å². The van der Waals surface area contributed by atoms with E-state index in [1.54, 1.807) is 30.5 Å². The second kappa shape index (κ2) is 5.83. The van der Waals surface area contributed by atoms with Crippen LogP contribution < -0.4 is 5.73 Å². The van der Waals surface area contributed by atoms with E-state index in [9.17, 15) is 8.42 Å². The Balaban J connectivity index is 2.21. The van der Waals surface area contributed by atoms with Crippen molar-refractivity contribution in [2.24, 2.45) is 5.73 Å². The molecule has 0 radical (unpaired) electrons. The molecule has 0 aliphatic heterocycles. The molecule has 1 aromatic heterocycles. The number of aromatic nitrogens is 1. The zero-order valence-electron chi connectivity index (χ0n) is 13.2. The molecule has 0 amide bonds. The van der Waals surface area contributed by atoms with Gasteiger partial charge in [-0.2, -0.15) is 0 Å². The van der Waals surface area contributed by atoms with E-state index >= 15 is 0 Å². The second-order valence-electron chi connectivity index (χ2n) is 5.97. The average molecular weight is 328 g/mol. The largest absolute Gasteiger partial charge is 0.328 e. The average Bonchev–Trinajstić information content (AvgIpc) is 2.87. The number of hydrogen-bond acceptors (Lipinski definition) is 3. The summed E-state index contributed by atoms with van der Waals surface area (Å²) in [5.74, 6) is 0. The maximum absolute atomic E-state index is 13.0. The van der Waals surface area contributed by atoms with Crippen molar-refractivity contribution in [2.75, 3.05) is 0 Å². The Kier molecular flexibility index (Phi) is 4.00. The topological polar surface area (TPSA) is 65.1 Å². The minimum absolute atomic E-state index is 0.0312. The number of aryl methyl sites for hydroxylation is 1. The monoisotopic (exact) mass is 328 g/mol. The zero-order chi connectivity index (χ0) is 16.6. The normalized spacial score (nSPS) is 13.3. The van der Waals surface area contributed by atoms with E-state index in [0.29, 0.717) is 11.9 Å². The minimum atomic E-state index is -3.62. The summed E-state index contributed by atoms with van der Waals surface area (Å²) in [6.07, 6.45) is 2.33. The molecule has 0 fully saturated rings. The highest BCUT2D eigenvalue weighted by molar-refractivity contribution is 7.90. The second-order valence-corrected chi connectivity index (χ2v) is 7.78. The summed E-state index contributed by atoms with van der Waals surface area (Å²) in [6, 6.07) is 14.4. The van der Waals surface area contributed by atoms with Crippen molar-refractivity contribution in [1.29, 1.82) is 0 Å². The number of nitrogens with zero attached hydrogens (tertiary/aromatic N) is 1. The number of fused-ring (bicyclic) bond motifs is 1. The number of benzene rings is 2. The molecule has 4 nitrogen and oxygen atoms in total. The predicted octanol–water partition coefficient (Wildman–Crippen LogP) is 3.08. The van der Waals surface area contributed by atoms with Crippen molar-refractivity contribution in [2.45, 2.75) is 31.2 Å². The van der Waals surface area contributed by atoms with Crippen LogP contribution >= 0.6 is 0 Å². The summed E-state index contributed by atoms with van der Waals surface area (Å²) in [6.45, 7) is 3.85. The Labute approximate surface area is 136 Å². The lowest BCUT2D eigenvalue weighted by atomic mass is 10.1. The van der Waals surface area contributed by atoms with Gasteiger partial charge in [-0.1, -0.05) is 35.9 Å². The number of rotatable bonds is 4. The van der Waals surface area contributed by atoms with Gasteiger partial charge < -0.3 is 5.73 Å². The van der Waals surface area contributed by atoms with Crippen LogP contribution in [0.4, 0.5) is 0 Å². The molecule has 5 heteroatoms. The van der Waals surface area contributed by atoms with Gasteiger partial charge in [-0.05, 0) is 44.0 Å². The van der Waals surface area contributed by atoms with Crippen LogP contribution in [0.2, 0.25) is 0 Å². The van der Waals surface area contributed by atoms with Crippen LogP contribution in [0.3, 0.4) is 0 Å². The molecule has 0 bridgehead atoms. The quantitative estimate of drug-likeness (QED) is 0.800. The molecule has 0 saturated heterocycles. The van der Waals surface area contributed by atoms with Crippen LogP contribution in [-0.4, -0.2) is 18.4 Å². The third kappa shape index (κ3) is 2.90. The minimum Gasteiger partial charge on any atom is -0.328 e. The Morgan fingerprint density at radius 1 is 1.09 bits per heavy atom. The van der Waals surface area contributed by atoms with E-state index in [-0.39, 0.29) is 10.9 Å². The fraction of sp³-hybridized carbons (Fsp3) is 0.222. The van der Waals surface area contributed by atoms with E-state index in [0.717, 1.165) is 16.5 Å². The lowest BCUT2D eigenvalue weighted by Crippen LogP contribution is -2.17. The van der Waals surface area contributed by atoms with Gasteiger partial charge in [-0.25, -0.2) is 12.4 Å². The van der Waals surface area contributed by atoms with Gasteiger partial charge in [0.15, 0.2) is 0 Å². The molecular weight excluding hydrogens is 308 g/mol. The molecule has 2 aromatic carbocycles. The molecule has 0 saturated carbocycles. The highest BCUT2D eigenvalue weighted by Gasteiger charge is 2.21. The van der Waals surface area contributed by atoms with Crippen molar-refractivity contribution in [1.82, 2.24) is 3.97 Å². The van der Waals surface area contributed by atoms with Crippen LogP contribution in [0.1, 0.15) is 18.1 Å². The zero-order valence-corrected chi connectivity index (χ0v) is 14.0. The molecule has 2 N–H and O–H groups in total. The highest BCUT2D eigenvalue weighted by Crippen LogP contribution is 2.26. The van der Waals surface area contributed by atoms with Crippen LogP contribution in [0.25, 0.3) is 10.9 Å². The van der Waals surface area contributed by atoms with Gasteiger partial charge in [-0.3, -0.25) is 0 Å². The van der Waals surface area contributed by atoms with Crippen molar-refractivity contribution < 1.29 is 8.42 Å². The molecule has 0 aliphatic carbocycles. The molecule has 1 heterocycles. The van der Waals surface area contributed by atoms with Crippen molar-refractivity contribution >= 4 is 20.9 Å². The van der Waals surface area contributed by atoms with Crippen LogP contribution in [0.5, 0.6) is 0 Å². The first-order valence-corrected chi connectivity index (χ1v) is 9.00. The molecular formula is C18H20N2O2S. The Morgan fingerprint density at radius 2 is 1.74 bits per heavy atom. The number of nitrogens with two attached hydrogens (primary N) is 1. The SMILES string of the molecule is Cc1ccc(S(=O)(=O)n2cc(CC(C)N)c3ccccc32)cc1. The summed E-state index contributed by atoms with van der Waals surface area (Å²) in [7, 11) is -3.62. The lowest BCUT2D eigenvalue weighted by molar-refractivity contribution is 0.589. The molecule has 0 aliphatic rings. The molecule has 120 valence electrons. The van der Waals surface area contributed by atoms with Gasteiger partial charge in [0.1, 0.15) is 0 Å². The van der Waals surface area contributed by atoms with Gasteiger partial charge in [-0.15, -0.1) is 0 Å². The third-order valence-electron chi connectivity index (χ3n) is 3.88. The van der Waals surface area contributed by atoms with E-state index in [1.807, 2.05) is 38.1 Å². The molecule has 3 aromatic rings. The summed E-state index contributed by atoms with van der Waals surface area (Å²) < 4.78 is 27.3. The maximum atomic E-state index is 13.0. The lowest BCUT2D eigenvalue weighted by Gasteiger charge is -2.07. The van der Waals surface area contributed by atoms with Gasteiger partial charge in [0, 0.05) is 17.6 Å². The Bertz CT molecular complexity index is 939. The molecule has 0 spiro atoms. The van der Waals surface area contributed by atoms with E-state index in [1.165, 1.54) is 3.97 Å². The fourth-order valence-corrected chi connectivity index (χ4v) is 4.14. The fourth-order valence-electron chi connectivity index (χ4n) is 2.75. The molecule has 3 rings (SSSR count). The van der Waals surface area contributed by atoms with Gasteiger partial charge in [0.25, 0.3) is 10.0 Å². The standard InChI is InChI=1S/C18H20N2O2S/c1-13-7-9-16(10-8-13)23(21,22)20-12-15(11-14(2)19)17-5-3-4-6-18(17)20/h3-10,12,14H,11,19H2,1-2H3. The summed E-state index contributed by atoms with van der Waals surface area (Å²) in [5.41, 5.74) is 8.56. The maximum Gasteiger partial charge on any atom is 0.268 e. The van der Waals surface area contributed by atoms with Gasteiger partial charge in [0.2, 0.25) is 0 Å². The molecule has 1 unspecified atom stereocenters. The summed E-state index contributed by atoms with van der Waals surface area (Å²) >= 11 is 0. The van der Waals surface area contributed by atoms with E-state index in [4.69, 9.17) is 5.73 Å². The third-order valence-corrected chi connectivity index (χ3v) is 5.57. The van der Waals surface area contributed by atoms with Gasteiger partial charge in [0.05, 0.1) is 10.4 Å². The van der Waals surface area contributed by atoms with Crippen molar-refractivity contribution in [3.8, 4) is 0 Å². The molecule has 1 atom stereocenters. The van der Waals surface area contributed by atoms with Crippen molar-refractivity contribution in [3.05, 3.63) is 65.9 Å². The number of hydrogen-bond donors (Lipinski definition) is 1. The van der Waals surface area contributed by atoms with Crippen LogP contribution in [-0.2, 0) is 16.4 Å². The highest BCUT2D eigenvalue weighted by atomic mass is 32.2. The number of para-hydroxylation sites is 1. The van der Waals surface area contributed by atoms with E-state index in [2.05, 4.69) is 0 Å². The van der Waals surface area contributed by atoms with E-state index < -0.39 is 10.0 Å². The summed E-state index contributed by atoms with van der Waals surface area (Å²) in [4.78, 5) is 0.288. The first kappa shape index (κ1) is 15.8. The molecule has 23 heavy (non-hydrogen) atoms. The smallest absolute Gasteiger partial charge is 0.268 e. The Hall–Kier alpha value is -2.11. The van der Waals surface area contributed by atoms with Gasteiger partial charge >= 0.3 is 0 Å².